The molecule has 0 heterocycles. The van der Waals surface area contributed by atoms with Crippen molar-refractivity contribution in [1.29, 1.82) is 0 Å². The van der Waals surface area contributed by atoms with E-state index in [0.717, 1.165) is 37.8 Å². The standard InChI is InChI=1S/C15H21F2NO2/c16-11-2-3-12(13(17)8-11)14(20)9-18-10-15(6-7-19)4-1-5-15/h2-3,8,14,18-20H,1,4-7,9-10H2. The monoisotopic (exact) mass is 285 g/mol. The van der Waals surface area contributed by atoms with Crippen molar-refractivity contribution in [3.8, 4) is 0 Å². The third kappa shape index (κ3) is 3.53. The smallest absolute Gasteiger partial charge is 0.131 e. The summed E-state index contributed by atoms with van der Waals surface area (Å²) >= 11 is 0. The van der Waals surface area contributed by atoms with Gasteiger partial charge in [-0.3, -0.25) is 0 Å². The van der Waals surface area contributed by atoms with Gasteiger partial charge in [-0.15, -0.1) is 0 Å². The fourth-order valence-electron chi connectivity index (χ4n) is 2.78. The van der Waals surface area contributed by atoms with Gasteiger partial charge in [-0.25, -0.2) is 8.78 Å². The molecule has 1 fully saturated rings. The van der Waals surface area contributed by atoms with Gasteiger partial charge < -0.3 is 15.5 Å². The van der Waals surface area contributed by atoms with Gasteiger partial charge in [0.1, 0.15) is 11.6 Å². The van der Waals surface area contributed by atoms with Crippen LogP contribution in [0, 0.1) is 17.0 Å². The van der Waals surface area contributed by atoms with E-state index in [1.165, 1.54) is 6.07 Å². The third-order valence-corrected chi connectivity index (χ3v) is 4.22. The lowest BCUT2D eigenvalue weighted by Crippen LogP contribution is -2.41. The van der Waals surface area contributed by atoms with E-state index in [1.807, 2.05) is 0 Å². The average molecular weight is 285 g/mol. The maximum atomic E-state index is 13.5. The summed E-state index contributed by atoms with van der Waals surface area (Å²) in [6.45, 7) is 1.08. The molecule has 20 heavy (non-hydrogen) atoms. The van der Waals surface area contributed by atoms with Gasteiger partial charge in [-0.1, -0.05) is 12.5 Å². The van der Waals surface area contributed by atoms with E-state index in [0.29, 0.717) is 6.54 Å². The minimum Gasteiger partial charge on any atom is -0.396 e. The summed E-state index contributed by atoms with van der Waals surface area (Å²) in [5.41, 5.74) is 0.222. The highest BCUT2D eigenvalue weighted by Gasteiger charge is 2.35. The van der Waals surface area contributed by atoms with E-state index >= 15 is 0 Å². The summed E-state index contributed by atoms with van der Waals surface area (Å²) in [5.74, 6) is -1.38. The summed E-state index contributed by atoms with van der Waals surface area (Å²) in [6, 6.07) is 3.18. The molecule has 0 aliphatic heterocycles. The quantitative estimate of drug-likeness (QED) is 0.719. The normalized spacial score (nSPS) is 18.6. The number of aliphatic hydroxyl groups excluding tert-OH is 2. The van der Waals surface area contributed by atoms with Crippen molar-refractivity contribution in [1.82, 2.24) is 5.32 Å². The topological polar surface area (TPSA) is 52.5 Å². The van der Waals surface area contributed by atoms with Gasteiger partial charge in [0.05, 0.1) is 6.10 Å². The molecule has 0 spiro atoms. The number of hydrogen-bond donors (Lipinski definition) is 3. The van der Waals surface area contributed by atoms with Crippen LogP contribution in [-0.2, 0) is 0 Å². The highest BCUT2D eigenvalue weighted by Crippen LogP contribution is 2.43. The molecule has 1 aliphatic carbocycles. The Labute approximate surface area is 117 Å². The van der Waals surface area contributed by atoms with Crippen molar-refractivity contribution < 1.29 is 19.0 Å². The molecule has 0 saturated heterocycles. The Morgan fingerprint density at radius 3 is 2.60 bits per heavy atom. The summed E-state index contributed by atoms with van der Waals surface area (Å²) in [4.78, 5) is 0. The van der Waals surface area contributed by atoms with Crippen LogP contribution in [0.1, 0.15) is 37.4 Å². The predicted octanol–water partition coefficient (Wildman–Crippen LogP) is 2.14. The van der Waals surface area contributed by atoms with Gasteiger partial charge in [0, 0.05) is 31.3 Å². The van der Waals surface area contributed by atoms with Crippen LogP contribution < -0.4 is 5.32 Å². The Bertz CT molecular complexity index is 449. The first kappa shape index (κ1) is 15.4. The van der Waals surface area contributed by atoms with Crippen molar-refractivity contribution in [3.05, 3.63) is 35.4 Å². The number of hydrogen-bond acceptors (Lipinski definition) is 3. The Balaban J connectivity index is 1.84. The molecule has 1 saturated carbocycles. The molecule has 5 heteroatoms. The molecule has 112 valence electrons. The lowest BCUT2D eigenvalue weighted by atomic mass is 9.67. The highest BCUT2D eigenvalue weighted by molar-refractivity contribution is 5.21. The van der Waals surface area contributed by atoms with E-state index in [9.17, 15) is 13.9 Å². The summed E-state index contributed by atoms with van der Waals surface area (Å²) in [5, 5.41) is 22.1. The van der Waals surface area contributed by atoms with E-state index < -0.39 is 17.7 Å². The zero-order valence-corrected chi connectivity index (χ0v) is 11.4. The maximum absolute atomic E-state index is 13.5. The molecule has 0 amide bonds. The molecular weight excluding hydrogens is 264 g/mol. The van der Waals surface area contributed by atoms with Crippen molar-refractivity contribution in [2.75, 3.05) is 19.7 Å². The van der Waals surface area contributed by atoms with Gasteiger partial charge >= 0.3 is 0 Å². The fraction of sp³-hybridized carbons (Fsp3) is 0.600. The van der Waals surface area contributed by atoms with Crippen LogP contribution in [0.3, 0.4) is 0 Å². The van der Waals surface area contributed by atoms with Crippen LogP contribution in [0.4, 0.5) is 8.78 Å². The predicted molar refractivity (Wildman–Crippen MR) is 72.2 cm³/mol. The Kier molecular flexibility index (Phi) is 5.07. The lowest BCUT2D eigenvalue weighted by Gasteiger charge is -2.42. The number of nitrogens with one attached hydrogen (secondary N) is 1. The zero-order valence-electron chi connectivity index (χ0n) is 11.4. The van der Waals surface area contributed by atoms with Gasteiger partial charge in [0.25, 0.3) is 0 Å². The molecule has 3 N–H and O–H groups in total. The van der Waals surface area contributed by atoms with Gasteiger partial charge in [0.15, 0.2) is 0 Å². The molecule has 2 rings (SSSR count). The highest BCUT2D eigenvalue weighted by atomic mass is 19.1. The fourth-order valence-corrected chi connectivity index (χ4v) is 2.78. The largest absolute Gasteiger partial charge is 0.396 e. The van der Waals surface area contributed by atoms with Crippen molar-refractivity contribution in [2.45, 2.75) is 31.8 Å². The van der Waals surface area contributed by atoms with Crippen LogP contribution in [0.5, 0.6) is 0 Å². The Morgan fingerprint density at radius 2 is 2.05 bits per heavy atom. The van der Waals surface area contributed by atoms with E-state index in [2.05, 4.69) is 5.32 Å². The SMILES string of the molecule is OCCC1(CNCC(O)c2ccc(F)cc2F)CCC1. The average Bonchev–Trinajstić information content (AvgIpc) is 2.35. The molecule has 0 bridgehead atoms. The maximum Gasteiger partial charge on any atom is 0.131 e. The van der Waals surface area contributed by atoms with Crippen molar-refractivity contribution >= 4 is 0 Å². The molecule has 1 atom stereocenters. The summed E-state index contributed by atoms with van der Waals surface area (Å²) < 4.78 is 26.3. The van der Waals surface area contributed by atoms with Crippen LogP contribution in [0.15, 0.2) is 18.2 Å². The Morgan fingerprint density at radius 1 is 1.30 bits per heavy atom. The second-order valence-corrected chi connectivity index (χ2v) is 5.64. The van der Waals surface area contributed by atoms with Crippen LogP contribution >= 0.6 is 0 Å². The third-order valence-electron chi connectivity index (χ3n) is 4.22. The number of halogens is 2. The molecular formula is C15H21F2NO2. The number of rotatable bonds is 7. The van der Waals surface area contributed by atoms with Gasteiger partial charge in [0.2, 0.25) is 0 Å². The molecule has 0 radical (unpaired) electrons. The van der Waals surface area contributed by atoms with Crippen molar-refractivity contribution in [3.63, 3.8) is 0 Å². The first-order valence-corrected chi connectivity index (χ1v) is 7.01. The van der Waals surface area contributed by atoms with E-state index in [4.69, 9.17) is 5.11 Å². The van der Waals surface area contributed by atoms with E-state index in [-0.39, 0.29) is 24.1 Å². The number of aliphatic hydroxyl groups is 2. The lowest BCUT2D eigenvalue weighted by molar-refractivity contribution is 0.0792. The molecule has 1 aliphatic rings. The first-order chi connectivity index (χ1) is 9.56. The molecule has 1 aromatic rings. The molecule has 1 unspecified atom stereocenters. The molecule has 1 aromatic carbocycles. The summed E-state index contributed by atoms with van der Waals surface area (Å²) in [6.07, 6.45) is 3.06. The molecule has 3 nitrogen and oxygen atoms in total. The Hall–Kier alpha value is -1.04. The number of benzene rings is 1. The minimum absolute atomic E-state index is 0.101. The second-order valence-electron chi connectivity index (χ2n) is 5.64. The summed E-state index contributed by atoms with van der Waals surface area (Å²) in [7, 11) is 0. The second kappa shape index (κ2) is 6.61. The first-order valence-electron chi connectivity index (χ1n) is 7.01. The van der Waals surface area contributed by atoms with Crippen LogP contribution in [-0.4, -0.2) is 29.9 Å². The zero-order chi connectivity index (χ0) is 14.6. The van der Waals surface area contributed by atoms with E-state index in [1.54, 1.807) is 0 Å². The van der Waals surface area contributed by atoms with Crippen LogP contribution in [0.2, 0.25) is 0 Å². The minimum atomic E-state index is -0.998. The van der Waals surface area contributed by atoms with Gasteiger partial charge in [-0.2, -0.15) is 0 Å². The van der Waals surface area contributed by atoms with Gasteiger partial charge in [-0.05, 0) is 30.7 Å². The van der Waals surface area contributed by atoms with Crippen molar-refractivity contribution in [2.24, 2.45) is 5.41 Å². The van der Waals surface area contributed by atoms with Crippen LogP contribution in [0.25, 0.3) is 0 Å². The molecule has 0 aromatic heterocycles.